The highest BCUT2D eigenvalue weighted by molar-refractivity contribution is 7.15. The number of anilines is 1. The lowest BCUT2D eigenvalue weighted by Gasteiger charge is -2.15. The van der Waals surface area contributed by atoms with Crippen LogP contribution >= 0.6 is 11.3 Å². The van der Waals surface area contributed by atoms with Crippen molar-refractivity contribution >= 4 is 22.4 Å². The molecule has 0 unspecified atom stereocenters. The van der Waals surface area contributed by atoms with Crippen LogP contribution in [0.3, 0.4) is 0 Å². The molecule has 0 atom stereocenters. The molecule has 2 heterocycles. The number of nitrogens with zero attached hydrogens (tertiary/aromatic N) is 4. The molecule has 0 saturated carbocycles. The zero-order chi connectivity index (χ0) is 16.8. The minimum absolute atomic E-state index is 0.0996. The van der Waals surface area contributed by atoms with Crippen LogP contribution in [0, 0.1) is 13.8 Å². The molecule has 0 aromatic carbocycles. The van der Waals surface area contributed by atoms with Crippen LogP contribution in [-0.4, -0.2) is 39.8 Å². The Labute approximate surface area is 140 Å². The minimum atomic E-state index is -0.0996. The van der Waals surface area contributed by atoms with Crippen molar-refractivity contribution in [1.29, 1.82) is 0 Å². The van der Waals surface area contributed by atoms with E-state index in [1.807, 2.05) is 25.8 Å². The first kappa shape index (κ1) is 17.6. The second-order valence-electron chi connectivity index (χ2n) is 5.63. The number of carbonyl (C=O) groups excluding carboxylic acids is 1. The second-order valence-corrected chi connectivity index (χ2v) is 6.69. The fourth-order valence-corrected chi connectivity index (χ4v) is 2.99. The van der Waals surface area contributed by atoms with Gasteiger partial charge in [0.25, 0.3) is 0 Å². The molecule has 0 aliphatic carbocycles. The Kier molecular flexibility index (Phi) is 6.23. The maximum atomic E-state index is 12.1. The summed E-state index contributed by atoms with van der Waals surface area (Å²) in [4.78, 5) is 14.0. The average molecular weight is 337 g/mol. The van der Waals surface area contributed by atoms with Gasteiger partial charge in [0.15, 0.2) is 0 Å². The predicted octanol–water partition coefficient (Wildman–Crippen LogP) is 2.56. The Balaban J connectivity index is 1.83. The van der Waals surface area contributed by atoms with E-state index in [4.69, 9.17) is 4.52 Å². The zero-order valence-electron chi connectivity index (χ0n) is 14.0. The van der Waals surface area contributed by atoms with Crippen molar-refractivity contribution in [3.05, 3.63) is 22.0 Å². The van der Waals surface area contributed by atoms with Gasteiger partial charge in [0.1, 0.15) is 10.8 Å². The van der Waals surface area contributed by atoms with Crippen LogP contribution in [-0.2, 0) is 17.8 Å². The smallest absolute Gasteiger partial charge is 0.240 e. The molecule has 0 aliphatic rings. The van der Waals surface area contributed by atoms with Gasteiger partial charge in [-0.05, 0) is 27.3 Å². The number of hydrogen-bond acceptors (Lipinski definition) is 7. The van der Waals surface area contributed by atoms with Gasteiger partial charge < -0.3 is 4.52 Å². The number of aromatic nitrogens is 3. The Morgan fingerprint density at radius 1 is 1.35 bits per heavy atom. The molecular formula is C15H23N5O2S. The first-order valence-corrected chi connectivity index (χ1v) is 8.53. The molecular weight excluding hydrogens is 314 g/mol. The van der Waals surface area contributed by atoms with Crippen LogP contribution in [0.2, 0.25) is 0 Å². The van der Waals surface area contributed by atoms with Gasteiger partial charge in [0, 0.05) is 18.5 Å². The highest BCUT2D eigenvalue weighted by atomic mass is 32.1. The lowest BCUT2D eigenvalue weighted by atomic mass is 10.2. The third-order valence-corrected chi connectivity index (χ3v) is 4.38. The number of nitrogens with one attached hydrogen (secondary N) is 1. The molecule has 0 aliphatic heterocycles. The Morgan fingerprint density at radius 3 is 2.78 bits per heavy atom. The molecule has 2 rings (SSSR count). The molecule has 8 heteroatoms. The summed E-state index contributed by atoms with van der Waals surface area (Å²) in [6.45, 7) is 6.81. The molecule has 2 aromatic heterocycles. The summed E-state index contributed by atoms with van der Waals surface area (Å²) in [7, 11) is 1.89. The van der Waals surface area contributed by atoms with E-state index in [0.29, 0.717) is 11.7 Å². The van der Waals surface area contributed by atoms with E-state index in [1.165, 1.54) is 11.3 Å². The maximum Gasteiger partial charge on any atom is 0.240 e. The third-order valence-electron chi connectivity index (χ3n) is 3.48. The SMILES string of the molecule is CCCCc1nnc(NC(=O)CN(C)Cc2c(C)noc2C)s1. The van der Waals surface area contributed by atoms with Gasteiger partial charge >= 0.3 is 0 Å². The standard InChI is InChI=1S/C15H23N5O2S/c1-5-6-7-14-17-18-15(23-14)16-13(21)9-20(4)8-12-10(2)19-22-11(12)3/h5-9H2,1-4H3,(H,16,18,21). The van der Waals surface area contributed by atoms with E-state index in [1.54, 1.807) is 0 Å². The minimum Gasteiger partial charge on any atom is -0.361 e. The average Bonchev–Trinajstić information content (AvgIpc) is 3.06. The monoisotopic (exact) mass is 337 g/mol. The molecule has 0 radical (unpaired) electrons. The third kappa shape index (κ3) is 5.11. The van der Waals surface area contributed by atoms with Crippen molar-refractivity contribution in [3.8, 4) is 0 Å². The van der Waals surface area contributed by atoms with Gasteiger partial charge in [-0.2, -0.15) is 0 Å². The summed E-state index contributed by atoms with van der Waals surface area (Å²) in [5.41, 5.74) is 1.89. The van der Waals surface area contributed by atoms with Crippen LogP contribution in [0.4, 0.5) is 5.13 Å². The number of likely N-dealkylation sites (N-methyl/N-ethyl adjacent to an activating group) is 1. The second kappa shape index (κ2) is 8.16. The molecule has 0 saturated heterocycles. The summed E-state index contributed by atoms with van der Waals surface area (Å²) >= 11 is 1.44. The van der Waals surface area contributed by atoms with Crippen LogP contribution in [0.5, 0.6) is 0 Å². The Morgan fingerprint density at radius 2 is 2.13 bits per heavy atom. The first-order valence-electron chi connectivity index (χ1n) is 7.72. The first-order chi connectivity index (χ1) is 11.0. The van der Waals surface area contributed by atoms with Crippen LogP contribution in [0.15, 0.2) is 4.52 Å². The molecule has 126 valence electrons. The number of aryl methyl sites for hydroxylation is 3. The van der Waals surface area contributed by atoms with E-state index >= 15 is 0 Å². The summed E-state index contributed by atoms with van der Waals surface area (Å²) in [6, 6.07) is 0. The van der Waals surface area contributed by atoms with E-state index in [9.17, 15) is 4.79 Å². The topological polar surface area (TPSA) is 84.2 Å². The van der Waals surface area contributed by atoms with E-state index in [0.717, 1.165) is 41.3 Å². The van der Waals surface area contributed by atoms with Gasteiger partial charge in [-0.1, -0.05) is 29.8 Å². The molecule has 1 amide bonds. The van der Waals surface area contributed by atoms with E-state index < -0.39 is 0 Å². The molecule has 0 bridgehead atoms. The highest BCUT2D eigenvalue weighted by Crippen LogP contribution is 2.17. The number of amides is 1. The molecule has 0 spiro atoms. The Bertz CT molecular complexity index is 633. The van der Waals surface area contributed by atoms with Gasteiger partial charge in [0.2, 0.25) is 11.0 Å². The number of rotatable bonds is 8. The highest BCUT2D eigenvalue weighted by Gasteiger charge is 2.14. The van der Waals surface area contributed by atoms with Crippen LogP contribution in [0.1, 0.15) is 41.8 Å². The Hall–Kier alpha value is -1.80. The quantitative estimate of drug-likeness (QED) is 0.797. The summed E-state index contributed by atoms with van der Waals surface area (Å²) in [5, 5.41) is 16.4. The maximum absolute atomic E-state index is 12.1. The number of unbranched alkanes of at least 4 members (excludes halogenated alkanes) is 1. The van der Waals surface area contributed by atoms with Crippen molar-refractivity contribution in [2.45, 2.75) is 46.6 Å². The van der Waals surface area contributed by atoms with Gasteiger partial charge in [-0.3, -0.25) is 15.0 Å². The normalized spacial score (nSPS) is 11.2. The van der Waals surface area contributed by atoms with Gasteiger partial charge in [0.05, 0.1) is 12.2 Å². The number of carbonyl (C=O) groups is 1. The van der Waals surface area contributed by atoms with Crippen molar-refractivity contribution in [1.82, 2.24) is 20.3 Å². The van der Waals surface area contributed by atoms with Crippen molar-refractivity contribution in [2.75, 3.05) is 18.9 Å². The van der Waals surface area contributed by atoms with Crippen molar-refractivity contribution in [2.24, 2.45) is 0 Å². The van der Waals surface area contributed by atoms with Crippen LogP contribution < -0.4 is 5.32 Å². The molecule has 23 heavy (non-hydrogen) atoms. The predicted molar refractivity (Wildman–Crippen MR) is 89.5 cm³/mol. The molecule has 7 nitrogen and oxygen atoms in total. The van der Waals surface area contributed by atoms with Crippen molar-refractivity contribution in [3.63, 3.8) is 0 Å². The van der Waals surface area contributed by atoms with E-state index in [-0.39, 0.29) is 12.5 Å². The largest absolute Gasteiger partial charge is 0.361 e. The van der Waals surface area contributed by atoms with Crippen LogP contribution in [0.25, 0.3) is 0 Å². The lowest BCUT2D eigenvalue weighted by molar-refractivity contribution is -0.117. The molecule has 1 N–H and O–H groups in total. The lowest BCUT2D eigenvalue weighted by Crippen LogP contribution is -2.30. The summed E-state index contributed by atoms with van der Waals surface area (Å²) < 4.78 is 5.14. The number of hydrogen-bond donors (Lipinski definition) is 1. The molecule has 2 aromatic rings. The summed E-state index contributed by atoms with van der Waals surface area (Å²) in [5.74, 6) is 0.692. The zero-order valence-corrected chi connectivity index (χ0v) is 14.9. The van der Waals surface area contributed by atoms with Gasteiger partial charge in [-0.25, -0.2) is 0 Å². The molecule has 0 fully saturated rings. The van der Waals surface area contributed by atoms with Crippen molar-refractivity contribution < 1.29 is 9.32 Å². The fourth-order valence-electron chi connectivity index (χ4n) is 2.19. The summed E-state index contributed by atoms with van der Waals surface area (Å²) in [6.07, 6.45) is 3.12. The van der Waals surface area contributed by atoms with E-state index in [2.05, 4.69) is 27.6 Å². The fraction of sp³-hybridized carbons (Fsp3) is 0.600. The van der Waals surface area contributed by atoms with Gasteiger partial charge in [-0.15, -0.1) is 10.2 Å².